The van der Waals surface area contributed by atoms with Crippen molar-refractivity contribution in [1.82, 2.24) is 4.98 Å². The van der Waals surface area contributed by atoms with Gasteiger partial charge in [0.25, 0.3) is 0 Å². The van der Waals surface area contributed by atoms with Gasteiger partial charge in [0.2, 0.25) is 5.89 Å². The van der Waals surface area contributed by atoms with Crippen LogP contribution in [0.1, 0.15) is 18.1 Å². The Balaban J connectivity index is 1.67. The number of hydrogen-bond donors (Lipinski definition) is 0. The van der Waals surface area contributed by atoms with Gasteiger partial charge >= 0.3 is 0 Å². The van der Waals surface area contributed by atoms with Gasteiger partial charge in [0.05, 0.1) is 5.02 Å². The highest BCUT2D eigenvalue weighted by atomic mass is 35.5. The Hall–Kier alpha value is -2.72. The van der Waals surface area contributed by atoms with E-state index in [-0.39, 0.29) is 5.82 Å². The number of benzene rings is 2. The van der Waals surface area contributed by atoms with Crippen LogP contribution in [0, 0.1) is 5.82 Å². The largest absolute Gasteiger partial charge is 0.436 e. The van der Waals surface area contributed by atoms with E-state index in [1.54, 1.807) is 6.07 Å². The van der Waals surface area contributed by atoms with E-state index in [9.17, 15) is 4.39 Å². The molecule has 0 amide bonds. The quantitative estimate of drug-likeness (QED) is 0.465. The summed E-state index contributed by atoms with van der Waals surface area (Å²) < 4.78 is 21.1. The summed E-state index contributed by atoms with van der Waals surface area (Å²) in [4.78, 5) is 4.61. The van der Waals surface area contributed by atoms with Crippen molar-refractivity contribution < 1.29 is 13.4 Å². The molecule has 4 rings (SSSR count). The molecular weight excluding hydrogens is 351 g/mol. The van der Waals surface area contributed by atoms with E-state index in [2.05, 4.69) is 24.0 Å². The summed E-state index contributed by atoms with van der Waals surface area (Å²) in [5, 5.41) is 0.414. The number of nitrogens with zero attached hydrogens (tertiary/aromatic N) is 2. The zero-order valence-corrected chi connectivity index (χ0v) is 15.0. The fourth-order valence-corrected chi connectivity index (χ4v) is 3.14. The first-order valence-electron chi connectivity index (χ1n) is 8.45. The van der Waals surface area contributed by atoms with Crippen LogP contribution in [0.2, 0.25) is 5.02 Å². The standard InChI is InChI=1S/C21H17ClFN2O/c1-2-14-5-8-20-19(10-14)24-21(26-20)16-4-3-9-25(13-16)12-15-6-7-17(23)11-18(15)22/h3-11,13H,2,12H2,1H3/q+1. The third kappa shape index (κ3) is 3.33. The second-order valence-electron chi connectivity index (χ2n) is 6.18. The van der Waals surface area contributed by atoms with Crippen LogP contribution >= 0.6 is 11.6 Å². The molecule has 0 N–H and O–H groups in total. The number of halogens is 2. The smallest absolute Gasteiger partial charge is 0.233 e. The van der Waals surface area contributed by atoms with Gasteiger partial charge in [-0.1, -0.05) is 24.6 Å². The zero-order chi connectivity index (χ0) is 18.1. The van der Waals surface area contributed by atoms with Crippen molar-refractivity contribution in [2.24, 2.45) is 0 Å². The van der Waals surface area contributed by atoms with Crippen LogP contribution in [0.4, 0.5) is 4.39 Å². The van der Waals surface area contributed by atoms with E-state index in [4.69, 9.17) is 16.0 Å². The molecule has 0 saturated heterocycles. The molecule has 4 aromatic rings. The summed E-state index contributed by atoms with van der Waals surface area (Å²) in [5.41, 5.74) is 4.58. The van der Waals surface area contributed by atoms with E-state index in [1.165, 1.54) is 17.7 Å². The molecule has 2 heterocycles. The molecule has 0 radical (unpaired) electrons. The molecule has 0 bridgehead atoms. The highest BCUT2D eigenvalue weighted by molar-refractivity contribution is 6.31. The van der Waals surface area contributed by atoms with Crippen molar-refractivity contribution in [3.05, 3.63) is 82.9 Å². The Bertz CT molecular complexity index is 1090. The van der Waals surface area contributed by atoms with Crippen LogP contribution in [-0.2, 0) is 13.0 Å². The summed E-state index contributed by atoms with van der Waals surface area (Å²) in [6, 6.07) is 14.4. The number of aromatic nitrogens is 2. The van der Waals surface area contributed by atoms with Gasteiger partial charge in [-0.25, -0.2) is 9.37 Å². The third-order valence-electron chi connectivity index (χ3n) is 4.33. The molecule has 5 heteroatoms. The van der Waals surface area contributed by atoms with Crippen molar-refractivity contribution in [3.63, 3.8) is 0 Å². The highest BCUT2D eigenvalue weighted by Gasteiger charge is 2.14. The van der Waals surface area contributed by atoms with E-state index in [1.807, 2.05) is 35.2 Å². The summed E-state index contributed by atoms with van der Waals surface area (Å²) in [5.74, 6) is 0.239. The molecule has 0 aliphatic carbocycles. The first-order chi connectivity index (χ1) is 12.6. The molecule has 0 aliphatic rings. The monoisotopic (exact) mass is 367 g/mol. The van der Waals surface area contributed by atoms with Gasteiger partial charge in [-0.2, -0.15) is 4.57 Å². The minimum absolute atomic E-state index is 0.338. The molecule has 0 fully saturated rings. The second-order valence-corrected chi connectivity index (χ2v) is 6.58. The van der Waals surface area contributed by atoms with Gasteiger partial charge in [-0.15, -0.1) is 0 Å². The molecule has 3 nitrogen and oxygen atoms in total. The van der Waals surface area contributed by atoms with Crippen molar-refractivity contribution in [2.75, 3.05) is 0 Å². The summed E-state index contributed by atoms with van der Waals surface area (Å²) in [7, 11) is 0. The average molecular weight is 368 g/mol. The molecular formula is C21H17ClFN2O+. The highest BCUT2D eigenvalue weighted by Crippen LogP contribution is 2.24. The predicted octanol–water partition coefficient (Wildman–Crippen LogP) is 5.19. The third-order valence-corrected chi connectivity index (χ3v) is 4.69. The van der Waals surface area contributed by atoms with Crippen molar-refractivity contribution in [3.8, 4) is 11.5 Å². The van der Waals surface area contributed by atoms with E-state index < -0.39 is 0 Å². The van der Waals surface area contributed by atoms with Gasteiger partial charge in [-0.05, 0) is 48.4 Å². The molecule has 0 aliphatic heterocycles. The van der Waals surface area contributed by atoms with E-state index >= 15 is 0 Å². The number of oxazole rings is 1. The second kappa shape index (κ2) is 6.89. The van der Waals surface area contributed by atoms with Gasteiger partial charge in [-0.3, -0.25) is 0 Å². The molecule has 0 saturated carbocycles. The van der Waals surface area contributed by atoms with Crippen LogP contribution in [0.3, 0.4) is 0 Å². The lowest BCUT2D eigenvalue weighted by molar-refractivity contribution is -0.687. The fourth-order valence-electron chi connectivity index (χ4n) is 2.91. The topological polar surface area (TPSA) is 29.9 Å². The lowest BCUT2D eigenvalue weighted by atomic mass is 10.1. The van der Waals surface area contributed by atoms with E-state index in [0.29, 0.717) is 17.5 Å². The maximum absolute atomic E-state index is 13.2. The van der Waals surface area contributed by atoms with Crippen LogP contribution in [-0.4, -0.2) is 4.98 Å². The molecule has 130 valence electrons. The van der Waals surface area contributed by atoms with Crippen molar-refractivity contribution in [2.45, 2.75) is 19.9 Å². The van der Waals surface area contributed by atoms with Crippen molar-refractivity contribution in [1.29, 1.82) is 0 Å². The first kappa shape index (κ1) is 16.7. The van der Waals surface area contributed by atoms with Gasteiger partial charge < -0.3 is 4.42 Å². The molecule has 2 aromatic carbocycles. The number of pyridine rings is 1. The Labute approximate surface area is 155 Å². The molecule has 26 heavy (non-hydrogen) atoms. The predicted molar refractivity (Wildman–Crippen MR) is 99.5 cm³/mol. The van der Waals surface area contributed by atoms with Gasteiger partial charge in [0, 0.05) is 11.6 Å². The maximum atomic E-state index is 13.2. The van der Waals surface area contributed by atoms with Crippen LogP contribution in [0.5, 0.6) is 0 Å². The van der Waals surface area contributed by atoms with Crippen LogP contribution in [0.15, 0.2) is 65.3 Å². The SMILES string of the molecule is CCc1ccc2oc(-c3ccc[n+](Cc4ccc(F)cc4Cl)c3)nc2c1. The van der Waals surface area contributed by atoms with Gasteiger partial charge in [0.15, 0.2) is 24.5 Å². The lowest BCUT2D eigenvalue weighted by Gasteiger charge is -2.02. The van der Waals surface area contributed by atoms with Gasteiger partial charge in [0.1, 0.15) is 16.9 Å². The first-order valence-corrected chi connectivity index (χ1v) is 8.83. The molecule has 0 spiro atoms. The maximum Gasteiger partial charge on any atom is 0.233 e. The fraction of sp³-hybridized carbons (Fsp3) is 0.143. The van der Waals surface area contributed by atoms with Crippen LogP contribution < -0.4 is 4.57 Å². The Morgan fingerprint density at radius 2 is 2.04 bits per heavy atom. The Kier molecular flexibility index (Phi) is 4.43. The minimum Gasteiger partial charge on any atom is -0.436 e. The van der Waals surface area contributed by atoms with Crippen molar-refractivity contribution >= 4 is 22.7 Å². The summed E-state index contributed by atoms with van der Waals surface area (Å²) in [6.45, 7) is 2.65. The van der Waals surface area contributed by atoms with E-state index in [0.717, 1.165) is 28.6 Å². The summed E-state index contributed by atoms with van der Waals surface area (Å²) in [6.07, 6.45) is 4.84. The number of hydrogen-bond acceptors (Lipinski definition) is 2. The Morgan fingerprint density at radius 3 is 2.85 bits per heavy atom. The lowest BCUT2D eigenvalue weighted by Crippen LogP contribution is -2.33. The molecule has 0 atom stereocenters. The normalized spacial score (nSPS) is 11.2. The Morgan fingerprint density at radius 1 is 1.15 bits per heavy atom. The average Bonchev–Trinajstić information content (AvgIpc) is 3.07. The number of rotatable bonds is 4. The number of fused-ring (bicyclic) bond motifs is 1. The minimum atomic E-state index is -0.338. The summed E-state index contributed by atoms with van der Waals surface area (Å²) >= 11 is 6.13. The molecule has 0 unspecified atom stereocenters. The zero-order valence-electron chi connectivity index (χ0n) is 14.2. The number of aryl methyl sites for hydroxylation is 1. The van der Waals surface area contributed by atoms with Crippen LogP contribution in [0.25, 0.3) is 22.6 Å². The molecule has 2 aromatic heterocycles.